The average Bonchev–Trinajstić information content (AvgIpc) is 2.92. The van der Waals surface area contributed by atoms with Crippen molar-refractivity contribution >= 4 is 0 Å². The van der Waals surface area contributed by atoms with Crippen LogP contribution >= 0.6 is 0 Å². The molecule has 0 aliphatic rings. The molecule has 0 radical (unpaired) electrons. The van der Waals surface area contributed by atoms with Crippen LogP contribution in [0.5, 0.6) is 5.75 Å². The molecule has 102 valence electrons. The van der Waals surface area contributed by atoms with Crippen molar-refractivity contribution in [3.05, 3.63) is 36.4 Å². The first-order chi connectivity index (χ1) is 9.33. The van der Waals surface area contributed by atoms with E-state index in [9.17, 15) is 0 Å². The van der Waals surface area contributed by atoms with Gasteiger partial charge in [0.05, 0.1) is 13.3 Å². The Bertz CT molecular complexity index is 491. The van der Waals surface area contributed by atoms with Crippen LogP contribution in [0.4, 0.5) is 0 Å². The fourth-order valence-electron chi connectivity index (χ4n) is 1.86. The predicted molar refractivity (Wildman–Crippen MR) is 75.4 cm³/mol. The summed E-state index contributed by atoms with van der Waals surface area (Å²) in [6, 6.07) is 7.79. The zero-order valence-electron chi connectivity index (χ0n) is 11.5. The molecule has 1 aromatic heterocycles. The second-order valence-corrected chi connectivity index (χ2v) is 4.30. The van der Waals surface area contributed by atoms with Crippen LogP contribution in [0, 0.1) is 0 Å². The van der Waals surface area contributed by atoms with Crippen LogP contribution in [0.1, 0.15) is 19.2 Å². The highest BCUT2D eigenvalue weighted by atomic mass is 16.5. The molecule has 4 heteroatoms. The zero-order chi connectivity index (χ0) is 13.5. The summed E-state index contributed by atoms with van der Waals surface area (Å²) in [6.45, 7) is 4.10. The second kappa shape index (κ2) is 6.95. The van der Waals surface area contributed by atoms with Crippen LogP contribution in [-0.2, 0) is 6.42 Å². The van der Waals surface area contributed by atoms with Crippen molar-refractivity contribution in [2.45, 2.75) is 19.8 Å². The maximum atomic E-state index is 5.74. The molecule has 0 saturated carbocycles. The van der Waals surface area contributed by atoms with E-state index in [1.807, 2.05) is 24.3 Å². The highest BCUT2D eigenvalue weighted by molar-refractivity contribution is 5.57. The van der Waals surface area contributed by atoms with Gasteiger partial charge in [0.25, 0.3) is 0 Å². The molecule has 4 nitrogen and oxygen atoms in total. The Balaban J connectivity index is 1.95. The summed E-state index contributed by atoms with van der Waals surface area (Å²) < 4.78 is 10.9. The Morgan fingerprint density at radius 3 is 2.74 bits per heavy atom. The van der Waals surface area contributed by atoms with Gasteiger partial charge in [0, 0.05) is 12.0 Å². The number of hydrogen-bond acceptors (Lipinski definition) is 4. The number of aromatic nitrogens is 1. The number of hydrogen-bond donors (Lipinski definition) is 1. The molecule has 0 aliphatic heterocycles. The standard InChI is InChI=1S/C15H20N2O2/c1-3-16-10-4-5-15-17-11-14(19-15)12-6-8-13(18-2)9-7-12/h6-9,11,16H,3-5,10H2,1-2H3. The quantitative estimate of drug-likeness (QED) is 0.778. The van der Waals surface area contributed by atoms with Gasteiger partial charge in [-0.25, -0.2) is 4.98 Å². The van der Waals surface area contributed by atoms with Crippen LogP contribution in [-0.4, -0.2) is 25.2 Å². The van der Waals surface area contributed by atoms with E-state index in [1.54, 1.807) is 13.3 Å². The molecular formula is C15H20N2O2. The maximum Gasteiger partial charge on any atom is 0.194 e. The molecule has 0 bridgehead atoms. The van der Waals surface area contributed by atoms with E-state index in [-0.39, 0.29) is 0 Å². The Morgan fingerprint density at radius 1 is 1.26 bits per heavy atom. The van der Waals surface area contributed by atoms with E-state index < -0.39 is 0 Å². The number of aryl methyl sites for hydroxylation is 1. The third kappa shape index (κ3) is 3.83. The number of nitrogens with zero attached hydrogens (tertiary/aromatic N) is 1. The third-order valence-corrected chi connectivity index (χ3v) is 2.92. The molecule has 0 spiro atoms. The van der Waals surface area contributed by atoms with Crippen molar-refractivity contribution in [2.75, 3.05) is 20.2 Å². The van der Waals surface area contributed by atoms with Gasteiger partial charge in [-0.15, -0.1) is 0 Å². The number of oxazole rings is 1. The minimum absolute atomic E-state index is 0.795. The molecular weight excluding hydrogens is 240 g/mol. The molecule has 1 aromatic carbocycles. The molecule has 1 heterocycles. The Kier molecular flexibility index (Phi) is 4.98. The molecule has 2 aromatic rings. The van der Waals surface area contributed by atoms with Gasteiger partial charge in [-0.2, -0.15) is 0 Å². The van der Waals surface area contributed by atoms with Crippen molar-refractivity contribution < 1.29 is 9.15 Å². The average molecular weight is 260 g/mol. The molecule has 0 atom stereocenters. The SMILES string of the molecule is CCNCCCc1ncc(-c2ccc(OC)cc2)o1. The van der Waals surface area contributed by atoms with E-state index in [0.717, 1.165) is 48.9 Å². The fraction of sp³-hybridized carbons (Fsp3) is 0.400. The van der Waals surface area contributed by atoms with Crippen LogP contribution in [0.2, 0.25) is 0 Å². The van der Waals surface area contributed by atoms with E-state index in [1.165, 1.54) is 0 Å². The summed E-state index contributed by atoms with van der Waals surface area (Å²) in [5, 5.41) is 3.29. The van der Waals surface area contributed by atoms with Gasteiger partial charge < -0.3 is 14.5 Å². The largest absolute Gasteiger partial charge is 0.497 e. The van der Waals surface area contributed by atoms with Gasteiger partial charge in [0.15, 0.2) is 11.7 Å². The first kappa shape index (κ1) is 13.6. The van der Waals surface area contributed by atoms with Gasteiger partial charge in [-0.3, -0.25) is 0 Å². The maximum absolute atomic E-state index is 5.74. The van der Waals surface area contributed by atoms with Crippen molar-refractivity contribution in [1.82, 2.24) is 10.3 Å². The number of ether oxygens (including phenoxy) is 1. The molecule has 2 rings (SSSR count). The summed E-state index contributed by atoms with van der Waals surface area (Å²) >= 11 is 0. The molecule has 0 saturated heterocycles. The Morgan fingerprint density at radius 2 is 2.05 bits per heavy atom. The molecule has 19 heavy (non-hydrogen) atoms. The summed E-state index contributed by atoms with van der Waals surface area (Å²) in [7, 11) is 1.66. The van der Waals surface area contributed by atoms with E-state index in [4.69, 9.17) is 9.15 Å². The molecule has 1 N–H and O–H groups in total. The molecule has 0 aliphatic carbocycles. The van der Waals surface area contributed by atoms with Crippen molar-refractivity contribution in [3.8, 4) is 17.1 Å². The lowest BCUT2D eigenvalue weighted by molar-refractivity contribution is 0.415. The van der Waals surface area contributed by atoms with Crippen LogP contribution < -0.4 is 10.1 Å². The van der Waals surface area contributed by atoms with Crippen molar-refractivity contribution in [2.24, 2.45) is 0 Å². The lowest BCUT2D eigenvalue weighted by Gasteiger charge is -2.00. The van der Waals surface area contributed by atoms with Crippen molar-refractivity contribution in [1.29, 1.82) is 0 Å². The van der Waals surface area contributed by atoms with Crippen LogP contribution in [0.15, 0.2) is 34.9 Å². The summed E-state index contributed by atoms with van der Waals surface area (Å²) in [4.78, 5) is 4.31. The van der Waals surface area contributed by atoms with E-state index in [2.05, 4.69) is 17.2 Å². The van der Waals surface area contributed by atoms with Crippen molar-refractivity contribution in [3.63, 3.8) is 0 Å². The summed E-state index contributed by atoms with van der Waals surface area (Å²) in [5.41, 5.74) is 1.02. The van der Waals surface area contributed by atoms with Gasteiger partial charge in [0.1, 0.15) is 5.75 Å². The number of nitrogens with one attached hydrogen (secondary N) is 1. The minimum Gasteiger partial charge on any atom is -0.497 e. The Hall–Kier alpha value is -1.81. The lowest BCUT2D eigenvalue weighted by atomic mass is 10.2. The fourth-order valence-corrected chi connectivity index (χ4v) is 1.86. The Labute approximate surface area is 113 Å². The highest BCUT2D eigenvalue weighted by Crippen LogP contribution is 2.23. The topological polar surface area (TPSA) is 47.3 Å². The normalized spacial score (nSPS) is 10.6. The molecule has 0 fully saturated rings. The lowest BCUT2D eigenvalue weighted by Crippen LogP contribution is -2.14. The first-order valence-electron chi connectivity index (χ1n) is 6.63. The van der Waals surface area contributed by atoms with Gasteiger partial charge in [-0.05, 0) is 43.8 Å². The van der Waals surface area contributed by atoms with Gasteiger partial charge >= 0.3 is 0 Å². The summed E-state index contributed by atoms with van der Waals surface area (Å²) in [6.07, 6.45) is 3.68. The smallest absolute Gasteiger partial charge is 0.194 e. The van der Waals surface area contributed by atoms with Gasteiger partial charge in [-0.1, -0.05) is 6.92 Å². The summed E-state index contributed by atoms with van der Waals surface area (Å²) in [5.74, 6) is 2.44. The van der Waals surface area contributed by atoms with Gasteiger partial charge in [0.2, 0.25) is 0 Å². The van der Waals surface area contributed by atoms with Crippen LogP contribution in [0.25, 0.3) is 11.3 Å². The zero-order valence-corrected chi connectivity index (χ0v) is 11.5. The van der Waals surface area contributed by atoms with E-state index >= 15 is 0 Å². The second-order valence-electron chi connectivity index (χ2n) is 4.30. The highest BCUT2D eigenvalue weighted by Gasteiger charge is 2.06. The number of rotatable bonds is 7. The number of benzene rings is 1. The third-order valence-electron chi connectivity index (χ3n) is 2.92. The predicted octanol–water partition coefficient (Wildman–Crippen LogP) is 2.89. The van der Waals surface area contributed by atoms with E-state index in [0.29, 0.717) is 0 Å². The molecule has 0 unspecified atom stereocenters. The molecule has 0 amide bonds. The first-order valence-corrected chi connectivity index (χ1v) is 6.63. The monoisotopic (exact) mass is 260 g/mol. The number of methoxy groups -OCH3 is 1. The minimum atomic E-state index is 0.795. The van der Waals surface area contributed by atoms with Crippen LogP contribution in [0.3, 0.4) is 0 Å².